The van der Waals surface area contributed by atoms with Crippen LogP contribution in [-0.2, 0) is 0 Å². The smallest absolute Gasteiger partial charge is 0.189 e. The quantitative estimate of drug-likeness (QED) is 0.294. The van der Waals surface area contributed by atoms with E-state index < -0.39 is 0 Å². The van der Waals surface area contributed by atoms with Gasteiger partial charge < -0.3 is 9.47 Å². The van der Waals surface area contributed by atoms with Gasteiger partial charge in [0, 0.05) is 11.8 Å². The van der Waals surface area contributed by atoms with E-state index in [0.29, 0.717) is 17.1 Å². The maximum atomic E-state index is 12.9. The van der Waals surface area contributed by atoms with Gasteiger partial charge in [-0.3, -0.25) is 4.79 Å². The molecule has 0 aliphatic heterocycles. The highest BCUT2D eigenvalue weighted by Gasteiger charge is 2.14. The van der Waals surface area contributed by atoms with Crippen molar-refractivity contribution in [1.29, 1.82) is 0 Å². The lowest BCUT2D eigenvalue weighted by molar-refractivity contribution is 0.104. The molecule has 4 aromatic rings. The lowest BCUT2D eigenvalue weighted by atomic mass is 10.1. The number of carbonyl (C=O) groups is 1. The van der Waals surface area contributed by atoms with Gasteiger partial charge in [-0.1, -0.05) is 24.3 Å². The number of nitrogens with zero attached hydrogens (tertiary/aromatic N) is 2. The van der Waals surface area contributed by atoms with Gasteiger partial charge in [-0.15, -0.1) is 11.3 Å². The molecule has 0 spiro atoms. The number of allylic oxidation sites excluding steroid dienone is 1. The average molecular weight is 417 g/mol. The Morgan fingerprint density at radius 2 is 1.87 bits per heavy atom. The monoisotopic (exact) mass is 416 g/mol. The second-order valence-electron chi connectivity index (χ2n) is 6.45. The number of rotatable bonds is 7. The van der Waals surface area contributed by atoms with Crippen LogP contribution < -0.4 is 9.47 Å². The molecule has 0 radical (unpaired) electrons. The molecule has 0 fully saturated rings. The zero-order valence-electron chi connectivity index (χ0n) is 16.6. The van der Waals surface area contributed by atoms with Crippen LogP contribution in [0, 0.1) is 0 Å². The third kappa shape index (κ3) is 4.04. The van der Waals surface area contributed by atoms with Crippen molar-refractivity contribution in [2.45, 2.75) is 0 Å². The number of aromatic nitrogens is 2. The summed E-state index contributed by atoms with van der Waals surface area (Å²) in [5.74, 6) is 0.933. The SMILES string of the molecule is COc1ccc(OC)c(C(=O)/C=C/c2cn(-c3ccccc3)nc2-c2cccs2)c1. The van der Waals surface area contributed by atoms with Gasteiger partial charge in [0.25, 0.3) is 0 Å². The van der Waals surface area contributed by atoms with Crippen molar-refractivity contribution >= 4 is 23.2 Å². The highest BCUT2D eigenvalue weighted by atomic mass is 32.1. The van der Waals surface area contributed by atoms with Crippen molar-refractivity contribution in [2.75, 3.05) is 14.2 Å². The first-order chi connectivity index (χ1) is 14.7. The molecule has 2 aromatic heterocycles. The molecule has 0 aliphatic carbocycles. The fourth-order valence-corrected chi connectivity index (χ4v) is 3.82. The van der Waals surface area contributed by atoms with E-state index in [9.17, 15) is 4.79 Å². The number of ketones is 1. The fourth-order valence-electron chi connectivity index (χ4n) is 3.09. The van der Waals surface area contributed by atoms with Crippen LogP contribution in [0.25, 0.3) is 22.3 Å². The number of carbonyl (C=O) groups excluding carboxylic acids is 1. The maximum absolute atomic E-state index is 12.9. The van der Waals surface area contributed by atoms with Crippen LogP contribution in [0.1, 0.15) is 15.9 Å². The number of hydrogen-bond acceptors (Lipinski definition) is 5. The molecule has 0 N–H and O–H groups in total. The summed E-state index contributed by atoms with van der Waals surface area (Å²) in [5.41, 5.74) is 3.09. The van der Waals surface area contributed by atoms with Crippen LogP contribution >= 0.6 is 11.3 Å². The van der Waals surface area contributed by atoms with Gasteiger partial charge >= 0.3 is 0 Å². The van der Waals surface area contributed by atoms with E-state index >= 15 is 0 Å². The second-order valence-corrected chi connectivity index (χ2v) is 7.40. The van der Waals surface area contributed by atoms with E-state index in [1.54, 1.807) is 55.9 Å². The molecule has 30 heavy (non-hydrogen) atoms. The first-order valence-corrected chi connectivity index (χ1v) is 10.2. The molecular weight excluding hydrogens is 396 g/mol. The summed E-state index contributed by atoms with van der Waals surface area (Å²) in [6.45, 7) is 0. The lowest BCUT2D eigenvalue weighted by Gasteiger charge is -2.07. The molecule has 0 saturated heterocycles. The summed E-state index contributed by atoms with van der Waals surface area (Å²) >= 11 is 1.61. The van der Waals surface area contributed by atoms with Gasteiger partial charge in [0.2, 0.25) is 0 Å². The molecule has 2 aromatic carbocycles. The van der Waals surface area contributed by atoms with Gasteiger partial charge in [-0.2, -0.15) is 5.10 Å². The predicted octanol–water partition coefficient (Wildman–Crippen LogP) is 5.51. The normalized spacial score (nSPS) is 11.0. The van der Waals surface area contributed by atoms with Crippen LogP contribution in [-0.4, -0.2) is 29.8 Å². The van der Waals surface area contributed by atoms with Gasteiger partial charge in [-0.25, -0.2) is 4.68 Å². The van der Waals surface area contributed by atoms with Crippen LogP contribution in [0.4, 0.5) is 0 Å². The Hall–Kier alpha value is -3.64. The van der Waals surface area contributed by atoms with Gasteiger partial charge in [0.15, 0.2) is 5.78 Å². The zero-order chi connectivity index (χ0) is 20.9. The molecule has 4 rings (SSSR count). The Morgan fingerprint density at radius 1 is 1.03 bits per heavy atom. The van der Waals surface area contributed by atoms with E-state index in [0.717, 1.165) is 21.8 Å². The van der Waals surface area contributed by atoms with E-state index in [1.807, 2.05) is 58.7 Å². The summed E-state index contributed by atoms with van der Waals surface area (Å²) in [6, 6.07) is 19.1. The number of hydrogen-bond donors (Lipinski definition) is 0. The van der Waals surface area contributed by atoms with E-state index in [2.05, 4.69) is 0 Å². The molecule has 0 unspecified atom stereocenters. The number of benzene rings is 2. The van der Waals surface area contributed by atoms with Crippen molar-refractivity contribution in [3.05, 3.63) is 89.4 Å². The number of ether oxygens (including phenoxy) is 2. The number of para-hydroxylation sites is 1. The minimum Gasteiger partial charge on any atom is -0.497 e. The van der Waals surface area contributed by atoms with Crippen LogP contribution in [0.15, 0.2) is 78.3 Å². The summed E-state index contributed by atoms with van der Waals surface area (Å²) < 4.78 is 12.4. The topological polar surface area (TPSA) is 53.4 Å². The van der Waals surface area contributed by atoms with Crippen molar-refractivity contribution < 1.29 is 14.3 Å². The maximum Gasteiger partial charge on any atom is 0.189 e. The van der Waals surface area contributed by atoms with Crippen molar-refractivity contribution in [3.63, 3.8) is 0 Å². The lowest BCUT2D eigenvalue weighted by Crippen LogP contribution is -1.99. The molecule has 5 nitrogen and oxygen atoms in total. The minimum atomic E-state index is -0.171. The molecule has 6 heteroatoms. The van der Waals surface area contributed by atoms with E-state index in [1.165, 1.54) is 0 Å². The Kier molecular flexibility index (Phi) is 5.77. The zero-order valence-corrected chi connectivity index (χ0v) is 17.4. The van der Waals surface area contributed by atoms with E-state index in [-0.39, 0.29) is 5.78 Å². The van der Waals surface area contributed by atoms with Gasteiger partial charge in [-0.05, 0) is 53.9 Å². The van der Waals surface area contributed by atoms with Crippen molar-refractivity contribution in [2.24, 2.45) is 0 Å². The van der Waals surface area contributed by atoms with E-state index in [4.69, 9.17) is 14.6 Å². The summed E-state index contributed by atoms with van der Waals surface area (Å²) in [7, 11) is 3.11. The van der Waals surface area contributed by atoms with Crippen LogP contribution in [0.2, 0.25) is 0 Å². The Morgan fingerprint density at radius 3 is 2.57 bits per heavy atom. The van der Waals surface area contributed by atoms with Crippen LogP contribution in [0.5, 0.6) is 11.5 Å². The minimum absolute atomic E-state index is 0.171. The predicted molar refractivity (Wildman–Crippen MR) is 120 cm³/mol. The van der Waals surface area contributed by atoms with Gasteiger partial charge in [0.1, 0.15) is 17.2 Å². The Labute approximate surface area is 178 Å². The largest absolute Gasteiger partial charge is 0.497 e. The van der Waals surface area contributed by atoms with Gasteiger partial charge in [0.05, 0.1) is 30.3 Å². The van der Waals surface area contributed by atoms with Crippen molar-refractivity contribution in [3.8, 4) is 27.8 Å². The fraction of sp³-hybridized carbons (Fsp3) is 0.0833. The highest BCUT2D eigenvalue weighted by Crippen LogP contribution is 2.29. The molecule has 0 bridgehead atoms. The summed E-state index contributed by atoms with van der Waals surface area (Å²) in [5, 5.41) is 6.77. The third-order valence-corrected chi connectivity index (χ3v) is 5.48. The number of thiophene rings is 1. The molecule has 0 aliphatic rings. The average Bonchev–Trinajstić information content (AvgIpc) is 3.47. The molecule has 0 amide bonds. The molecular formula is C24H20N2O3S. The first kappa shape index (κ1) is 19.7. The number of methoxy groups -OCH3 is 2. The molecule has 2 heterocycles. The summed E-state index contributed by atoms with van der Waals surface area (Å²) in [6.07, 6.45) is 5.26. The second kappa shape index (κ2) is 8.80. The molecule has 150 valence electrons. The Bertz CT molecular complexity index is 1180. The molecule has 0 atom stereocenters. The first-order valence-electron chi connectivity index (χ1n) is 9.33. The third-order valence-electron chi connectivity index (χ3n) is 4.60. The highest BCUT2D eigenvalue weighted by molar-refractivity contribution is 7.13. The summed E-state index contributed by atoms with van der Waals surface area (Å²) in [4.78, 5) is 13.9. The standard InChI is InChI=1S/C24H20N2O3S/c1-28-19-11-13-22(29-2)20(15-19)21(27)12-10-17-16-26(18-7-4-3-5-8-18)25-24(17)23-9-6-14-30-23/h3-16H,1-2H3/b12-10+. The van der Waals surface area contributed by atoms with Crippen LogP contribution in [0.3, 0.4) is 0 Å². The Balaban J connectivity index is 1.71. The van der Waals surface area contributed by atoms with Crippen molar-refractivity contribution in [1.82, 2.24) is 9.78 Å². The molecule has 0 saturated carbocycles.